The Morgan fingerprint density at radius 2 is 2.09 bits per heavy atom. The van der Waals surface area contributed by atoms with Gasteiger partial charge in [-0.25, -0.2) is 0 Å². The molecular formula is C20H29ClO. The van der Waals surface area contributed by atoms with E-state index in [1.54, 1.807) is 0 Å². The van der Waals surface area contributed by atoms with E-state index < -0.39 is 0 Å². The maximum Gasteiger partial charge on any atom is 0.0566 e. The van der Waals surface area contributed by atoms with Crippen LogP contribution in [0.4, 0.5) is 0 Å². The predicted molar refractivity (Wildman–Crippen MR) is 93.7 cm³/mol. The number of hydrogen-bond acceptors (Lipinski definition) is 1. The van der Waals surface area contributed by atoms with Crippen LogP contribution in [0, 0.1) is 11.3 Å². The molecule has 0 aromatic heterocycles. The molecule has 122 valence electrons. The molecule has 2 heteroatoms. The molecule has 0 N–H and O–H groups in total. The highest BCUT2D eigenvalue weighted by molar-refractivity contribution is 6.31. The summed E-state index contributed by atoms with van der Waals surface area (Å²) in [7, 11) is 0. The van der Waals surface area contributed by atoms with Crippen LogP contribution in [-0.4, -0.2) is 13.2 Å². The second-order valence-corrected chi connectivity index (χ2v) is 8.89. The summed E-state index contributed by atoms with van der Waals surface area (Å²) < 4.78 is 5.87. The van der Waals surface area contributed by atoms with Gasteiger partial charge in [-0.15, -0.1) is 0 Å². The van der Waals surface area contributed by atoms with Crippen LogP contribution in [0.15, 0.2) is 18.2 Å². The second kappa shape index (κ2) is 6.17. The van der Waals surface area contributed by atoms with Crippen molar-refractivity contribution in [2.45, 2.75) is 64.7 Å². The highest BCUT2D eigenvalue weighted by Gasteiger charge is 2.46. The first-order chi connectivity index (χ1) is 10.4. The normalized spacial score (nSPS) is 28.6. The Morgan fingerprint density at radius 3 is 2.82 bits per heavy atom. The summed E-state index contributed by atoms with van der Waals surface area (Å²) in [4.78, 5) is 0. The van der Waals surface area contributed by atoms with E-state index >= 15 is 0 Å². The zero-order valence-corrected chi connectivity index (χ0v) is 15.0. The fourth-order valence-corrected chi connectivity index (χ4v) is 4.44. The third-order valence-corrected chi connectivity index (χ3v) is 6.01. The average molecular weight is 321 g/mol. The number of fused-ring (bicyclic) bond motifs is 1. The second-order valence-electron chi connectivity index (χ2n) is 8.48. The van der Waals surface area contributed by atoms with Crippen molar-refractivity contribution in [2.24, 2.45) is 11.3 Å². The van der Waals surface area contributed by atoms with E-state index in [-0.39, 0.29) is 5.41 Å². The van der Waals surface area contributed by atoms with Crippen LogP contribution in [0.25, 0.3) is 0 Å². The van der Waals surface area contributed by atoms with Crippen LogP contribution in [0.5, 0.6) is 0 Å². The van der Waals surface area contributed by atoms with Gasteiger partial charge in [0.2, 0.25) is 0 Å². The van der Waals surface area contributed by atoms with Crippen molar-refractivity contribution in [3.63, 3.8) is 0 Å². The summed E-state index contributed by atoms with van der Waals surface area (Å²) in [5.41, 5.74) is 3.31. The summed E-state index contributed by atoms with van der Waals surface area (Å²) in [6, 6.07) is 6.84. The van der Waals surface area contributed by atoms with Gasteiger partial charge in [0, 0.05) is 10.4 Å². The van der Waals surface area contributed by atoms with Crippen LogP contribution in [0.1, 0.15) is 64.0 Å². The first-order valence-corrected chi connectivity index (χ1v) is 9.15. The predicted octanol–water partition coefficient (Wildman–Crippen LogP) is 5.78. The summed E-state index contributed by atoms with van der Waals surface area (Å²) in [5, 5.41) is 0.951. The molecule has 0 amide bonds. The Kier molecular flexibility index (Phi) is 4.58. The van der Waals surface area contributed by atoms with Gasteiger partial charge in [0.1, 0.15) is 0 Å². The van der Waals surface area contributed by atoms with Gasteiger partial charge < -0.3 is 4.74 Å². The van der Waals surface area contributed by atoms with Crippen molar-refractivity contribution < 1.29 is 4.74 Å². The average Bonchev–Trinajstić information content (AvgIpc) is 2.90. The van der Waals surface area contributed by atoms with Crippen molar-refractivity contribution in [3.8, 4) is 0 Å². The number of ether oxygens (including phenoxy) is 1. The van der Waals surface area contributed by atoms with Crippen molar-refractivity contribution in [1.29, 1.82) is 0 Å². The summed E-state index contributed by atoms with van der Waals surface area (Å²) >= 11 is 6.62. The lowest BCUT2D eigenvalue weighted by atomic mass is 9.64. The van der Waals surface area contributed by atoms with E-state index in [1.807, 2.05) is 0 Å². The first-order valence-electron chi connectivity index (χ1n) is 8.77. The molecule has 1 saturated carbocycles. The van der Waals surface area contributed by atoms with Crippen LogP contribution in [0.3, 0.4) is 0 Å². The standard InChI is InChI=1S/C20H29ClO/c1-19(2,3)11-9-15-7-8-16(12-18(15)21)20-10-5-4-6-17(20)13-22-14-20/h7-8,12,17H,4-6,9-11,13-14H2,1-3H3. The Bertz CT molecular complexity index is 531. The maximum atomic E-state index is 6.62. The Hall–Kier alpha value is -0.530. The van der Waals surface area contributed by atoms with Gasteiger partial charge in [0.25, 0.3) is 0 Å². The molecular weight excluding hydrogens is 292 g/mol. The highest BCUT2D eigenvalue weighted by Crippen LogP contribution is 2.48. The fraction of sp³-hybridized carbons (Fsp3) is 0.700. The van der Waals surface area contributed by atoms with Crippen LogP contribution < -0.4 is 0 Å². The fourth-order valence-electron chi connectivity index (χ4n) is 4.16. The maximum absolute atomic E-state index is 6.62. The van der Waals surface area contributed by atoms with E-state index in [0.717, 1.165) is 24.7 Å². The number of halogens is 1. The monoisotopic (exact) mass is 320 g/mol. The Labute approximate surface area is 140 Å². The van der Waals surface area contributed by atoms with Gasteiger partial charge in [-0.05, 0) is 54.2 Å². The van der Waals surface area contributed by atoms with E-state index in [9.17, 15) is 0 Å². The van der Waals surface area contributed by atoms with Gasteiger partial charge in [0.05, 0.1) is 13.2 Å². The number of aryl methyl sites for hydroxylation is 1. The molecule has 2 fully saturated rings. The van der Waals surface area contributed by atoms with Crippen LogP contribution in [0.2, 0.25) is 5.02 Å². The topological polar surface area (TPSA) is 9.23 Å². The molecule has 2 aliphatic rings. The molecule has 22 heavy (non-hydrogen) atoms. The number of rotatable bonds is 3. The van der Waals surface area contributed by atoms with Gasteiger partial charge in [-0.2, -0.15) is 0 Å². The molecule has 0 spiro atoms. The van der Waals surface area contributed by atoms with Gasteiger partial charge in [-0.1, -0.05) is 57.3 Å². The van der Waals surface area contributed by atoms with Gasteiger partial charge in [0.15, 0.2) is 0 Å². The summed E-state index contributed by atoms with van der Waals surface area (Å²) in [6.07, 6.45) is 7.48. The van der Waals surface area contributed by atoms with Crippen molar-refractivity contribution in [1.82, 2.24) is 0 Å². The lowest BCUT2D eigenvalue weighted by Crippen LogP contribution is -2.37. The summed E-state index contributed by atoms with van der Waals surface area (Å²) in [5.74, 6) is 0.692. The molecule has 3 rings (SSSR count). The quantitative estimate of drug-likeness (QED) is 0.686. The molecule has 0 bridgehead atoms. The lowest BCUT2D eigenvalue weighted by Gasteiger charge is -2.38. The molecule has 1 aromatic rings. The molecule has 1 saturated heterocycles. The summed E-state index contributed by atoms with van der Waals surface area (Å²) in [6.45, 7) is 8.68. The molecule has 1 aliphatic carbocycles. The molecule has 1 aromatic carbocycles. The van der Waals surface area contributed by atoms with Crippen molar-refractivity contribution in [3.05, 3.63) is 34.3 Å². The zero-order chi connectivity index (χ0) is 15.8. The van der Waals surface area contributed by atoms with E-state index in [0.29, 0.717) is 11.3 Å². The van der Waals surface area contributed by atoms with Crippen molar-refractivity contribution >= 4 is 11.6 Å². The third-order valence-electron chi connectivity index (χ3n) is 5.66. The minimum Gasteiger partial charge on any atom is -0.380 e. The molecule has 2 unspecified atom stereocenters. The molecule has 0 radical (unpaired) electrons. The molecule has 2 atom stereocenters. The number of hydrogen-bond donors (Lipinski definition) is 0. The van der Waals surface area contributed by atoms with E-state index in [4.69, 9.17) is 16.3 Å². The number of benzene rings is 1. The molecule has 1 heterocycles. The van der Waals surface area contributed by atoms with Gasteiger partial charge >= 0.3 is 0 Å². The minimum atomic E-state index is 0.241. The lowest BCUT2D eigenvalue weighted by molar-refractivity contribution is 0.174. The van der Waals surface area contributed by atoms with E-state index in [1.165, 1.54) is 43.2 Å². The van der Waals surface area contributed by atoms with Crippen LogP contribution >= 0.6 is 11.6 Å². The molecule has 1 aliphatic heterocycles. The Balaban J connectivity index is 1.82. The zero-order valence-electron chi connectivity index (χ0n) is 14.3. The Morgan fingerprint density at radius 1 is 1.27 bits per heavy atom. The SMILES string of the molecule is CC(C)(C)CCc1ccc(C23CCCCC2COC3)cc1Cl. The first kappa shape index (κ1) is 16.3. The van der Waals surface area contributed by atoms with E-state index in [2.05, 4.69) is 39.0 Å². The third kappa shape index (κ3) is 3.21. The smallest absolute Gasteiger partial charge is 0.0566 e. The largest absolute Gasteiger partial charge is 0.380 e. The van der Waals surface area contributed by atoms with Crippen LogP contribution in [-0.2, 0) is 16.6 Å². The van der Waals surface area contributed by atoms with Crippen molar-refractivity contribution in [2.75, 3.05) is 13.2 Å². The molecule has 1 nitrogen and oxygen atoms in total. The van der Waals surface area contributed by atoms with Gasteiger partial charge in [-0.3, -0.25) is 0 Å². The minimum absolute atomic E-state index is 0.241. The highest BCUT2D eigenvalue weighted by atomic mass is 35.5.